The fraction of sp³-hybridized carbons (Fsp3) is 0.625. The molecular weight excluding hydrogens is 348 g/mol. The number of benzene rings is 1. The Balaban J connectivity index is 1.66. The number of aromatic amines is 1. The summed E-state index contributed by atoms with van der Waals surface area (Å²) in [6.45, 7) is 13.8. The fourth-order valence-electron chi connectivity index (χ4n) is 5.90. The number of hydrogen-bond acceptors (Lipinski definition) is 3. The highest BCUT2D eigenvalue weighted by molar-refractivity contribution is 5.81. The molecule has 4 nitrogen and oxygen atoms in total. The van der Waals surface area contributed by atoms with Gasteiger partial charge in [0.05, 0.1) is 6.61 Å². The largest absolute Gasteiger partial charge is 0.494 e. The van der Waals surface area contributed by atoms with Crippen molar-refractivity contribution >= 4 is 10.9 Å². The highest BCUT2D eigenvalue weighted by Crippen LogP contribution is 2.52. The van der Waals surface area contributed by atoms with Crippen LogP contribution in [0.5, 0.6) is 5.75 Å². The van der Waals surface area contributed by atoms with Gasteiger partial charge in [0.15, 0.2) is 5.43 Å². The second-order valence-corrected chi connectivity index (χ2v) is 10.2. The summed E-state index contributed by atoms with van der Waals surface area (Å²) in [6, 6.07) is 6.40. The molecule has 1 aliphatic heterocycles. The van der Waals surface area contributed by atoms with E-state index in [1.165, 1.54) is 19.3 Å². The molecule has 28 heavy (non-hydrogen) atoms. The van der Waals surface area contributed by atoms with E-state index in [1.54, 1.807) is 0 Å². The molecule has 2 atom stereocenters. The molecule has 0 radical (unpaired) electrons. The fourth-order valence-corrected chi connectivity index (χ4v) is 5.90. The summed E-state index contributed by atoms with van der Waals surface area (Å²) in [4.78, 5) is 19.4. The van der Waals surface area contributed by atoms with Crippen LogP contribution >= 0.6 is 0 Å². The van der Waals surface area contributed by atoms with Crippen molar-refractivity contribution in [2.24, 2.45) is 10.8 Å². The predicted octanol–water partition coefficient (Wildman–Crippen LogP) is 5.03. The van der Waals surface area contributed by atoms with Gasteiger partial charge in [-0.2, -0.15) is 0 Å². The first-order valence-electron chi connectivity index (χ1n) is 10.7. The van der Waals surface area contributed by atoms with Gasteiger partial charge < -0.3 is 9.72 Å². The SMILES string of the molecule is CCCOc1ccc2[nH]c(C)c(CN3C[C@]4(C)C[C@@H]3CC(C)(C)C4)c(=O)c2c1. The van der Waals surface area contributed by atoms with Crippen LogP contribution in [0.1, 0.15) is 64.6 Å². The second kappa shape index (κ2) is 6.91. The Kier molecular flexibility index (Phi) is 4.81. The van der Waals surface area contributed by atoms with Gasteiger partial charge in [-0.1, -0.05) is 27.7 Å². The molecule has 4 heteroatoms. The molecular formula is C24H34N2O2. The van der Waals surface area contributed by atoms with E-state index in [0.29, 0.717) is 23.5 Å². The molecule has 2 aliphatic rings. The number of fused-ring (bicyclic) bond motifs is 3. The average Bonchev–Trinajstić information content (AvgIpc) is 2.85. The Labute approximate surface area is 168 Å². The molecule has 1 aromatic heterocycles. The third kappa shape index (κ3) is 3.59. The van der Waals surface area contributed by atoms with Crippen LogP contribution in [-0.4, -0.2) is 29.1 Å². The molecule has 0 amide bonds. The van der Waals surface area contributed by atoms with Gasteiger partial charge in [0.1, 0.15) is 5.75 Å². The second-order valence-electron chi connectivity index (χ2n) is 10.2. The molecule has 2 aromatic rings. The van der Waals surface area contributed by atoms with Crippen LogP contribution in [0.4, 0.5) is 0 Å². The van der Waals surface area contributed by atoms with E-state index >= 15 is 0 Å². The number of H-pyrrole nitrogens is 1. The van der Waals surface area contributed by atoms with Gasteiger partial charge >= 0.3 is 0 Å². The number of likely N-dealkylation sites (tertiary alicyclic amines) is 1. The standard InChI is InChI=1S/C24H34N2O2/c1-6-9-28-18-7-8-21-19(10-18)22(27)20(16(2)25-21)13-26-15-24(5)12-17(26)11-23(3,4)14-24/h7-8,10,17H,6,9,11-15H2,1-5H3,(H,25,27)/t17-,24+/m0/s1. The minimum atomic E-state index is 0.152. The Hall–Kier alpha value is -1.81. The summed E-state index contributed by atoms with van der Waals surface area (Å²) in [5.41, 5.74) is 3.72. The smallest absolute Gasteiger partial charge is 0.194 e. The maximum atomic E-state index is 13.4. The van der Waals surface area contributed by atoms with Crippen LogP contribution in [-0.2, 0) is 6.54 Å². The quantitative estimate of drug-likeness (QED) is 0.789. The molecule has 0 spiro atoms. The maximum absolute atomic E-state index is 13.4. The molecule has 4 rings (SSSR count). The molecule has 1 N–H and O–H groups in total. The van der Waals surface area contributed by atoms with Crippen LogP contribution in [0, 0.1) is 17.8 Å². The zero-order valence-electron chi connectivity index (χ0n) is 18.0. The van der Waals surface area contributed by atoms with Crippen LogP contribution in [0.15, 0.2) is 23.0 Å². The minimum absolute atomic E-state index is 0.152. The predicted molar refractivity (Wildman–Crippen MR) is 115 cm³/mol. The summed E-state index contributed by atoms with van der Waals surface area (Å²) < 4.78 is 5.75. The first-order valence-corrected chi connectivity index (χ1v) is 10.7. The number of aryl methyl sites for hydroxylation is 1. The van der Waals surface area contributed by atoms with Crippen molar-refractivity contribution in [1.82, 2.24) is 9.88 Å². The van der Waals surface area contributed by atoms with E-state index in [1.807, 2.05) is 25.1 Å². The number of rotatable bonds is 5. The molecule has 1 aromatic carbocycles. The van der Waals surface area contributed by atoms with Crippen molar-refractivity contribution in [2.45, 2.75) is 72.9 Å². The Morgan fingerprint density at radius 2 is 2.04 bits per heavy atom. The topological polar surface area (TPSA) is 45.3 Å². The molecule has 1 saturated carbocycles. The molecule has 2 bridgehead atoms. The third-order valence-corrected chi connectivity index (χ3v) is 6.64. The van der Waals surface area contributed by atoms with Gasteiger partial charge in [0, 0.05) is 41.3 Å². The first-order chi connectivity index (χ1) is 13.2. The molecule has 1 aliphatic carbocycles. The Morgan fingerprint density at radius 3 is 2.79 bits per heavy atom. The monoisotopic (exact) mass is 382 g/mol. The van der Waals surface area contributed by atoms with Crippen LogP contribution in [0.3, 0.4) is 0 Å². The normalized spacial score (nSPS) is 26.7. The van der Waals surface area contributed by atoms with Gasteiger partial charge in [0.25, 0.3) is 0 Å². The average molecular weight is 383 g/mol. The van der Waals surface area contributed by atoms with E-state index < -0.39 is 0 Å². The Morgan fingerprint density at radius 1 is 1.25 bits per heavy atom. The van der Waals surface area contributed by atoms with Gasteiger partial charge in [-0.05, 0) is 61.6 Å². The van der Waals surface area contributed by atoms with Gasteiger partial charge in [-0.3, -0.25) is 9.69 Å². The van der Waals surface area contributed by atoms with Gasteiger partial charge in [0.2, 0.25) is 0 Å². The zero-order chi connectivity index (χ0) is 20.1. The van der Waals surface area contributed by atoms with Crippen LogP contribution in [0.2, 0.25) is 0 Å². The number of aromatic nitrogens is 1. The van der Waals surface area contributed by atoms with Crippen molar-refractivity contribution in [3.8, 4) is 5.75 Å². The lowest BCUT2D eigenvalue weighted by molar-refractivity contribution is 0.126. The first kappa shape index (κ1) is 19.5. The molecule has 1 saturated heterocycles. The van der Waals surface area contributed by atoms with E-state index in [-0.39, 0.29) is 5.43 Å². The number of nitrogens with one attached hydrogen (secondary N) is 1. The third-order valence-electron chi connectivity index (χ3n) is 6.64. The molecule has 152 valence electrons. The number of nitrogens with zero attached hydrogens (tertiary/aromatic N) is 1. The van der Waals surface area contributed by atoms with E-state index in [9.17, 15) is 4.79 Å². The van der Waals surface area contributed by atoms with Crippen molar-refractivity contribution in [2.75, 3.05) is 13.2 Å². The highest BCUT2D eigenvalue weighted by atomic mass is 16.5. The highest BCUT2D eigenvalue weighted by Gasteiger charge is 2.49. The van der Waals surface area contributed by atoms with Gasteiger partial charge in [-0.15, -0.1) is 0 Å². The summed E-state index contributed by atoms with van der Waals surface area (Å²) >= 11 is 0. The molecule has 2 heterocycles. The molecule has 2 fully saturated rings. The van der Waals surface area contributed by atoms with Crippen molar-refractivity contribution in [1.29, 1.82) is 0 Å². The van der Waals surface area contributed by atoms with E-state index in [4.69, 9.17) is 4.74 Å². The molecule has 0 unspecified atom stereocenters. The number of pyridine rings is 1. The Bertz CT molecular complexity index is 946. The van der Waals surface area contributed by atoms with E-state index in [2.05, 4.69) is 37.6 Å². The summed E-state index contributed by atoms with van der Waals surface area (Å²) in [5, 5.41) is 0.739. The van der Waals surface area contributed by atoms with Crippen LogP contribution < -0.4 is 10.2 Å². The van der Waals surface area contributed by atoms with Crippen molar-refractivity contribution < 1.29 is 4.74 Å². The summed E-state index contributed by atoms with van der Waals surface area (Å²) in [6.07, 6.45) is 4.72. The van der Waals surface area contributed by atoms with Gasteiger partial charge in [-0.25, -0.2) is 0 Å². The lowest BCUT2D eigenvalue weighted by Gasteiger charge is -2.40. The minimum Gasteiger partial charge on any atom is -0.494 e. The summed E-state index contributed by atoms with van der Waals surface area (Å²) in [7, 11) is 0. The number of ether oxygens (including phenoxy) is 1. The maximum Gasteiger partial charge on any atom is 0.194 e. The van der Waals surface area contributed by atoms with Crippen LogP contribution in [0.25, 0.3) is 10.9 Å². The van der Waals surface area contributed by atoms with Crippen molar-refractivity contribution in [3.05, 3.63) is 39.7 Å². The number of hydrogen-bond donors (Lipinski definition) is 1. The lowest BCUT2D eigenvalue weighted by atomic mass is 9.65. The lowest BCUT2D eigenvalue weighted by Crippen LogP contribution is -2.35. The van der Waals surface area contributed by atoms with Crippen molar-refractivity contribution in [3.63, 3.8) is 0 Å². The summed E-state index contributed by atoms with van der Waals surface area (Å²) in [5.74, 6) is 0.779. The van der Waals surface area contributed by atoms with E-state index in [0.717, 1.165) is 47.4 Å². The zero-order valence-corrected chi connectivity index (χ0v) is 18.0.